The Kier molecular flexibility index (Phi) is 8.17. The molecule has 5 heteroatoms. The van der Waals surface area contributed by atoms with Crippen LogP contribution in [0.1, 0.15) is 49.1 Å². The highest BCUT2D eigenvalue weighted by Gasteiger charge is 2.34. The molecule has 0 spiro atoms. The summed E-state index contributed by atoms with van der Waals surface area (Å²) in [5.41, 5.74) is 8.48. The van der Waals surface area contributed by atoms with Crippen molar-refractivity contribution in [2.45, 2.75) is 50.5 Å². The molecule has 2 aromatic carbocycles. The highest BCUT2D eigenvalue weighted by molar-refractivity contribution is 5.85. The van der Waals surface area contributed by atoms with Gasteiger partial charge in [0.25, 0.3) is 0 Å². The van der Waals surface area contributed by atoms with Crippen LogP contribution in [0.25, 0.3) is 0 Å². The fourth-order valence-electron chi connectivity index (χ4n) is 4.77. The van der Waals surface area contributed by atoms with E-state index in [2.05, 4.69) is 36.4 Å². The Bertz CT molecular complexity index is 808. The van der Waals surface area contributed by atoms with Crippen LogP contribution in [0.3, 0.4) is 0 Å². The van der Waals surface area contributed by atoms with E-state index in [9.17, 15) is 4.79 Å². The third-order valence-electron chi connectivity index (χ3n) is 6.46. The smallest absolute Gasteiger partial charge is 0.222 e. The molecule has 2 atom stereocenters. The second kappa shape index (κ2) is 10.8. The van der Waals surface area contributed by atoms with Gasteiger partial charge in [0.1, 0.15) is 5.75 Å². The first-order valence-corrected chi connectivity index (χ1v) is 11.0. The van der Waals surface area contributed by atoms with Crippen LogP contribution in [-0.4, -0.2) is 36.5 Å². The molecule has 1 aliphatic heterocycles. The van der Waals surface area contributed by atoms with Crippen molar-refractivity contribution in [1.82, 2.24) is 4.90 Å². The molecule has 1 saturated heterocycles. The fraction of sp³-hybridized carbons (Fsp3) is 0.480. The number of carbonyl (C=O) groups excluding carboxylic acids is 1. The number of aryl methyl sites for hydroxylation is 1. The summed E-state index contributed by atoms with van der Waals surface area (Å²) in [5, 5.41) is 0. The lowest BCUT2D eigenvalue weighted by Crippen LogP contribution is -2.30. The van der Waals surface area contributed by atoms with Gasteiger partial charge < -0.3 is 15.4 Å². The summed E-state index contributed by atoms with van der Waals surface area (Å²) in [6.45, 7) is 2.15. The first-order valence-electron chi connectivity index (χ1n) is 11.0. The zero-order chi connectivity index (χ0) is 20.1. The minimum Gasteiger partial charge on any atom is -0.490 e. The molecule has 2 N–H and O–H groups in total. The summed E-state index contributed by atoms with van der Waals surface area (Å²) in [6.07, 6.45) is 6.49. The van der Waals surface area contributed by atoms with Crippen LogP contribution in [0.2, 0.25) is 0 Å². The van der Waals surface area contributed by atoms with Crippen LogP contribution < -0.4 is 10.5 Å². The Morgan fingerprint density at radius 3 is 2.53 bits per heavy atom. The molecule has 30 heavy (non-hydrogen) atoms. The standard InChI is InChI=1S/C25H32N2O2.ClH/c26-16-21-17-27(18-24(21)20-8-2-1-3-9-20)25(28)14-13-19-7-6-12-23(15-19)29-22-10-4-5-11-22;/h1-3,6-9,12,15,21-22,24H,4-5,10-11,13-14,16-18,26H2;1H/t21-,24+;/m1./s1. The van der Waals surface area contributed by atoms with E-state index in [1.165, 1.54) is 24.0 Å². The van der Waals surface area contributed by atoms with Gasteiger partial charge in [-0.05, 0) is 67.8 Å². The van der Waals surface area contributed by atoms with E-state index in [1.54, 1.807) is 0 Å². The van der Waals surface area contributed by atoms with Gasteiger partial charge >= 0.3 is 0 Å². The molecule has 1 amide bonds. The first kappa shape index (κ1) is 22.6. The lowest BCUT2D eigenvalue weighted by Gasteiger charge is -2.17. The molecule has 0 unspecified atom stereocenters. The van der Waals surface area contributed by atoms with Crippen molar-refractivity contribution in [3.05, 3.63) is 65.7 Å². The Balaban J connectivity index is 0.00000256. The number of nitrogens with two attached hydrogens (primary N) is 1. The van der Waals surface area contributed by atoms with Crippen LogP contribution in [0.5, 0.6) is 5.75 Å². The maximum absolute atomic E-state index is 12.9. The molecule has 1 heterocycles. The first-order chi connectivity index (χ1) is 14.2. The summed E-state index contributed by atoms with van der Waals surface area (Å²) in [7, 11) is 0. The summed E-state index contributed by atoms with van der Waals surface area (Å²) in [6, 6.07) is 18.7. The van der Waals surface area contributed by atoms with Crippen molar-refractivity contribution >= 4 is 18.3 Å². The molecular formula is C25H33ClN2O2. The van der Waals surface area contributed by atoms with E-state index in [4.69, 9.17) is 10.5 Å². The highest BCUT2D eigenvalue weighted by atomic mass is 35.5. The van der Waals surface area contributed by atoms with Crippen LogP contribution in [0.15, 0.2) is 54.6 Å². The van der Waals surface area contributed by atoms with Gasteiger partial charge in [0, 0.05) is 25.4 Å². The van der Waals surface area contributed by atoms with Crippen LogP contribution in [0.4, 0.5) is 0 Å². The number of rotatable bonds is 7. The summed E-state index contributed by atoms with van der Waals surface area (Å²) in [4.78, 5) is 14.9. The maximum Gasteiger partial charge on any atom is 0.222 e. The predicted molar refractivity (Wildman–Crippen MR) is 123 cm³/mol. The normalized spacial score (nSPS) is 21.4. The molecule has 0 bridgehead atoms. The van der Waals surface area contributed by atoms with E-state index in [0.29, 0.717) is 30.9 Å². The molecule has 0 aromatic heterocycles. The second-order valence-electron chi connectivity index (χ2n) is 8.48. The average molecular weight is 429 g/mol. The van der Waals surface area contributed by atoms with Crippen LogP contribution in [0, 0.1) is 5.92 Å². The highest BCUT2D eigenvalue weighted by Crippen LogP contribution is 2.32. The van der Waals surface area contributed by atoms with Crippen LogP contribution in [-0.2, 0) is 11.2 Å². The second-order valence-corrected chi connectivity index (χ2v) is 8.48. The van der Waals surface area contributed by atoms with Crippen molar-refractivity contribution in [3.63, 3.8) is 0 Å². The van der Waals surface area contributed by atoms with Gasteiger partial charge in [0.05, 0.1) is 6.10 Å². The Hall–Kier alpha value is -2.04. The number of halogens is 1. The van der Waals surface area contributed by atoms with Gasteiger partial charge in [0.15, 0.2) is 0 Å². The maximum atomic E-state index is 12.9. The van der Waals surface area contributed by atoms with Gasteiger partial charge in [-0.1, -0.05) is 42.5 Å². The summed E-state index contributed by atoms with van der Waals surface area (Å²) >= 11 is 0. The number of hydrogen-bond acceptors (Lipinski definition) is 3. The topological polar surface area (TPSA) is 55.6 Å². The minimum absolute atomic E-state index is 0. The van der Waals surface area contributed by atoms with E-state index in [0.717, 1.165) is 38.1 Å². The molecule has 2 fully saturated rings. The minimum atomic E-state index is 0. The molecule has 1 saturated carbocycles. The van der Waals surface area contributed by atoms with Gasteiger partial charge in [-0.2, -0.15) is 0 Å². The summed E-state index contributed by atoms with van der Waals surface area (Å²) < 4.78 is 6.10. The Morgan fingerprint density at radius 1 is 1.03 bits per heavy atom. The molecule has 2 aliphatic rings. The molecule has 2 aromatic rings. The van der Waals surface area contributed by atoms with Crippen molar-refractivity contribution in [2.24, 2.45) is 11.7 Å². The number of hydrogen-bond donors (Lipinski definition) is 1. The number of ether oxygens (including phenoxy) is 1. The zero-order valence-corrected chi connectivity index (χ0v) is 18.4. The zero-order valence-electron chi connectivity index (χ0n) is 17.5. The van der Waals surface area contributed by atoms with Gasteiger partial charge in [-0.3, -0.25) is 4.79 Å². The van der Waals surface area contributed by atoms with Crippen molar-refractivity contribution < 1.29 is 9.53 Å². The van der Waals surface area contributed by atoms with Crippen LogP contribution >= 0.6 is 12.4 Å². The van der Waals surface area contributed by atoms with Gasteiger partial charge in [-0.15, -0.1) is 12.4 Å². The third kappa shape index (κ3) is 5.55. The summed E-state index contributed by atoms with van der Waals surface area (Å²) in [5.74, 6) is 1.84. The SMILES string of the molecule is Cl.NC[C@@H]1CN(C(=O)CCc2cccc(OC3CCCC3)c2)C[C@H]1c1ccccc1. The fourth-order valence-corrected chi connectivity index (χ4v) is 4.77. The van der Waals surface area contributed by atoms with E-state index in [1.807, 2.05) is 23.1 Å². The number of likely N-dealkylation sites (tertiary alicyclic amines) is 1. The molecule has 4 rings (SSSR count). The monoisotopic (exact) mass is 428 g/mol. The lowest BCUT2D eigenvalue weighted by molar-refractivity contribution is -0.130. The molecule has 0 radical (unpaired) electrons. The van der Waals surface area contributed by atoms with Crippen molar-refractivity contribution in [1.29, 1.82) is 0 Å². The third-order valence-corrected chi connectivity index (χ3v) is 6.46. The van der Waals surface area contributed by atoms with Gasteiger partial charge in [-0.25, -0.2) is 0 Å². The average Bonchev–Trinajstić information content (AvgIpc) is 3.43. The largest absolute Gasteiger partial charge is 0.490 e. The number of nitrogens with zero attached hydrogens (tertiary/aromatic N) is 1. The molecule has 1 aliphatic carbocycles. The molecular weight excluding hydrogens is 396 g/mol. The number of carbonyl (C=O) groups is 1. The van der Waals surface area contributed by atoms with Crippen molar-refractivity contribution in [3.8, 4) is 5.75 Å². The quantitative estimate of drug-likeness (QED) is 0.703. The van der Waals surface area contributed by atoms with E-state index >= 15 is 0 Å². The van der Waals surface area contributed by atoms with E-state index in [-0.39, 0.29) is 18.3 Å². The Morgan fingerprint density at radius 2 is 1.80 bits per heavy atom. The molecule has 4 nitrogen and oxygen atoms in total. The van der Waals surface area contributed by atoms with Gasteiger partial charge in [0.2, 0.25) is 5.91 Å². The van der Waals surface area contributed by atoms with E-state index < -0.39 is 0 Å². The lowest BCUT2D eigenvalue weighted by atomic mass is 9.89. The number of amides is 1. The Labute approximate surface area is 186 Å². The molecule has 162 valence electrons. The van der Waals surface area contributed by atoms with Crippen molar-refractivity contribution in [2.75, 3.05) is 19.6 Å². The number of benzene rings is 2. The predicted octanol–water partition coefficient (Wildman–Crippen LogP) is 4.56.